The Morgan fingerprint density at radius 3 is 1.82 bits per heavy atom. The Labute approximate surface area is 135 Å². The summed E-state index contributed by atoms with van der Waals surface area (Å²) in [5.41, 5.74) is 3.41. The van der Waals surface area contributed by atoms with E-state index >= 15 is 0 Å². The average molecular weight is 320 g/mol. The minimum Gasteiger partial charge on any atom is -0.258 e. The van der Waals surface area contributed by atoms with Crippen LogP contribution in [-0.4, -0.2) is 13.0 Å². The minimum absolute atomic E-state index is 0.146. The highest BCUT2D eigenvalue weighted by Gasteiger charge is 2.41. The van der Waals surface area contributed by atoms with Crippen molar-refractivity contribution in [3.05, 3.63) is 46.0 Å². The zero-order valence-electron chi connectivity index (χ0n) is 14.7. The molecule has 3 nitrogen and oxygen atoms in total. The maximum absolute atomic E-state index is 10.7. The van der Waals surface area contributed by atoms with Crippen molar-refractivity contribution in [3.8, 4) is 0 Å². The Morgan fingerprint density at radius 2 is 1.45 bits per heavy atom. The number of nitro groups is 1. The van der Waals surface area contributed by atoms with Gasteiger partial charge in [0.2, 0.25) is 0 Å². The van der Waals surface area contributed by atoms with Crippen LogP contribution in [0.15, 0.2) is 30.3 Å². The summed E-state index contributed by atoms with van der Waals surface area (Å²) in [6.07, 6.45) is 4.39. The van der Waals surface area contributed by atoms with E-state index in [-0.39, 0.29) is 10.6 Å². The van der Waals surface area contributed by atoms with E-state index in [1.165, 1.54) is 0 Å². The molecular formula is C18H29NO2Si. The van der Waals surface area contributed by atoms with Gasteiger partial charge in [-0.1, -0.05) is 70.3 Å². The number of hydrogen-bond acceptors (Lipinski definition) is 2. The summed E-state index contributed by atoms with van der Waals surface area (Å²) in [5, 5.41) is 10.7. The molecule has 0 spiro atoms. The molecule has 0 aromatic heterocycles. The van der Waals surface area contributed by atoms with Crippen LogP contribution in [0.5, 0.6) is 0 Å². The molecule has 1 rings (SSSR count). The lowest BCUT2D eigenvalue weighted by Gasteiger charge is -2.42. The lowest BCUT2D eigenvalue weighted by Crippen LogP contribution is -2.43. The summed E-state index contributed by atoms with van der Waals surface area (Å²) in [6, 6.07) is 7.93. The van der Waals surface area contributed by atoms with Crippen LogP contribution in [0.4, 0.5) is 5.69 Å². The molecule has 0 aliphatic heterocycles. The number of nitro benzene ring substituents is 1. The van der Waals surface area contributed by atoms with E-state index < -0.39 is 8.07 Å². The lowest BCUT2D eigenvalue weighted by atomic mass is 10.2. The van der Waals surface area contributed by atoms with Crippen LogP contribution < -0.4 is 0 Å². The fourth-order valence-corrected chi connectivity index (χ4v) is 9.75. The van der Waals surface area contributed by atoms with Crippen molar-refractivity contribution in [2.45, 2.75) is 64.2 Å². The van der Waals surface area contributed by atoms with E-state index in [0.717, 1.165) is 28.2 Å². The minimum atomic E-state index is -1.41. The molecule has 0 heterocycles. The third-order valence-electron chi connectivity index (χ3n) is 5.11. The fourth-order valence-electron chi connectivity index (χ4n) is 3.81. The third kappa shape index (κ3) is 4.06. The summed E-state index contributed by atoms with van der Waals surface area (Å²) in [4.78, 5) is 10.3. The van der Waals surface area contributed by atoms with Crippen molar-refractivity contribution in [2.75, 3.05) is 0 Å². The quantitative estimate of drug-likeness (QED) is 0.337. The van der Waals surface area contributed by atoms with Crippen molar-refractivity contribution in [2.24, 2.45) is 0 Å². The summed E-state index contributed by atoms with van der Waals surface area (Å²) in [6.45, 7) is 14.2. The highest BCUT2D eigenvalue weighted by Crippen LogP contribution is 2.44. The lowest BCUT2D eigenvalue weighted by molar-refractivity contribution is -0.384. The zero-order chi connectivity index (χ0) is 16.9. The van der Waals surface area contributed by atoms with Gasteiger partial charge in [-0.25, -0.2) is 0 Å². The summed E-state index contributed by atoms with van der Waals surface area (Å²) in [5.74, 6) is 0. The molecule has 122 valence electrons. The first-order valence-corrected chi connectivity index (χ1v) is 10.6. The smallest absolute Gasteiger partial charge is 0.258 e. The SMILES string of the molecule is CC(C)[Si](C/C=C\c1ccc([N+](=O)[O-])cc1)(C(C)C)C(C)C. The van der Waals surface area contributed by atoms with Gasteiger partial charge in [0, 0.05) is 12.1 Å². The van der Waals surface area contributed by atoms with E-state index in [1.807, 2.05) is 12.1 Å². The maximum atomic E-state index is 10.7. The molecule has 0 saturated heterocycles. The van der Waals surface area contributed by atoms with E-state index in [1.54, 1.807) is 12.1 Å². The largest absolute Gasteiger partial charge is 0.269 e. The second-order valence-corrected chi connectivity index (χ2v) is 13.1. The summed E-state index contributed by atoms with van der Waals surface area (Å²) >= 11 is 0. The van der Waals surface area contributed by atoms with Gasteiger partial charge in [0.1, 0.15) is 0 Å². The first kappa shape index (κ1) is 18.6. The molecule has 1 aromatic carbocycles. The van der Waals surface area contributed by atoms with Crippen molar-refractivity contribution in [1.29, 1.82) is 0 Å². The van der Waals surface area contributed by atoms with Crippen LogP contribution in [0.2, 0.25) is 22.7 Å². The Hall–Kier alpha value is -1.42. The van der Waals surface area contributed by atoms with E-state index in [0.29, 0.717) is 0 Å². The summed E-state index contributed by atoms with van der Waals surface area (Å²) in [7, 11) is -1.41. The maximum Gasteiger partial charge on any atom is 0.269 e. The van der Waals surface area contributed by atoms with Crippen molar-refractivity contribution in [3.63, 3.8) is 0 Å². The second kappa shape index (κ2) is 7.72. The van der Waals surface area contributed by atoms with Gasteiger partial charge in [-0.3, -0.25) is 10.1 Å². The van der Waals surface area contributed by atoms with E-state index in [2.05, 4.69) is 53.7 Å². The molecule has 0 aliphatic rings. The van der Waals surface area contributed by atoms with Gasteiger partial charge in [0.25, 0.3) is 5.69 Å². The van der Waals surface area contributed by atoms with Gasteiger partial charge in [0.15, 0.2) is 0 Å². The van der Waals surface area contributed by atoms with Gasteiger partial charge in [0.05, 0.1) is 13.0 Å². The molecule has 0 bridgehead atoms. The highest BCUT2D eigenvalue weighted by atomic mass is 28.3. The first-order valence-electron chi connectivity index (χ1n) is 8.12. The molecule has 1 aromatic rings. The van der Waals surface area contributed by atoms with Crippen LogP contribution >= 0.6 is 0 Å². The van der Waals surface area contributed by atoms with Crippen LogP contribution in [0, 0.1) is 10.1 Å². The third-order valence-corrected chi connectivity index (χ3v) is 12.5. The van der Waals surface area contributed by atoms with Gasteiger partial charge >= 0.3 is 0 Å². The van der Waals surface area contributed by atoms with Crippen LogP contribution in [0.25, 0.3) is 6.08 Å². The highest BCUT2D eigenvalue weighted by molar-refractivity contribution is 6.83. The van der Waals surface area contributed by atoms with Crippen molar-refractivity contribution >= 4 is 19.8 Å². The predicted molar refractivity (Wildman–Crippen MR) is 98.0 cm³/mol. The molecule has 0 saturated carbocycles. The number of hydrogen-bond donors (Lipinski definition) is 0. The van der Waals surface area contributed by atoms with E-state index in [4.69, 9.17) is 0 Å². The normalized spacial score (nSPS) is 12.8. The molecule has 4 heteroatoms. The molecule has 22 heavy (non-hydrogen) atoms. The van der Waals surface area contributed by atoms with Crippen LogP contribution in [0.3, 0.4) is 0 Å². The Kier molecular flexibility index (Phi) is 6.54. The van der Waals surface area contributed by atoms with Gasteiger partial charge in [-0.05, 0) is 23.7 Å². The van der Waals surface area contributed by atoms with Gasteiger partial charge < -0.3 is 0 Å². The topological polar surface area (TPSA) is 43.1 Å². The zero-order valence-corrected chi connectivity index (χ0v) is 15.7. The van der Waals surface area contributed by atoms with Gasteiger partial charge in [-0.2, -0.15) is 0 Å². The summed E-state index contributed by atoms with van der Waals surface area (Å²) < 4.78 is 0. The Balaban J connectivity index is 2.90. The number of benzene rings is 1. The molecule has 0 N–H and O–H groups in total. The van der Waals surface area contributed by atoms with Crippen molar-refractivity contribution in [1.82, 2.24) is 0 Å². The molecule has 0 aliphatic carbocycles. The molecule has 0 atom stereocenters. The van der Waals surface area contributed by atoms with Crippen molar-refractivity contribution < 1.29 is 4.92 Å². The second-order valence-electron chi connectivity index (χ2n) is 7.03. The molecule has 0 radical (unpaired) electrons. The van der Waals surface area contributed by atoms with E-state index in [9.17, 15) is 10.1 Å². The van der Waals surface area contributed by atoms with Crippen LogP contribution in [-0.2, 0) is 0 Å². The Bertz CT molecular complexity index is 497. The number of rotatable bonds is 7. The average Bonchev–Trinajstić information content (AvgIpc) is 2.42. The van der Waals surface area contributed by atoms with Gasteiger partial charge in [-0.15, -0.1) is 0 Å². The first-order chi connectivity index (χ1) is 10.2. The molecule has 0 fully saturated rings. The predicted octanol–water partition coefficient (Wildman–Crippen LogP) is 6.29. The molecule has 0 unspecified atom stereocenters. The molecular weight excluding hydrogens is 290 g/mol. The number of allylic oxidation sites excluding steroid dienone is 1. The fraction of sp³-hybridized carbons (Fsp3) is 0.556. The Morgan fingerprint density at radius 1 is 1.00 bits per heavy atom. The molecule has 0 amide bonds. The number of nitrogens with zero attached hydrogens (tertiary/aromatic N) is 1. The monoisotopic (exact) mass is 319 g/mol. The number of non-ortho nitro benzene ring substituents is 1. The van der Waals surface area contributed by atoms with Crippen LogP contribution in [0.1, 0.15) is 47.1 Å². The standard InChI is InChI=1S/C18H29NO2Si/c1-14(2)22(15(3)4,16(5)6)13-7-8-17-9-11-18(12-10-17)19(20)21/h7-12,14-16H,13H2,1-6H3/b8-7-.